The van der Waals surface area contributed by atoms with E-state index >= 15 is 0 Å². The minimum atomic E-state index is -0.487. The minimum absolute atomic E-state index is 0.00785. The molecule has 1 fully saturated rings. The van der Waals surface area contributed by atoms with Crippen LogP contribution in [-0.2, 0) is 9.63 Å². The Morgan fingerprint density at radius 2 is 2.20 bits per heavy atom. The van der Waals surface area contributed by atoms with Crippen molar-refractivity contribution in [2.75, 3.05) is 13.1 Å². The van der Waals surface area contributed by atoms with Gasteiger partial charge in [0, 0.05) is 6.54 Å². The van der Waals surface area contributed by atoms with E-state index in [9.17, 15) is 4.79 Å². The Morgan fingerprint density at radius 1 is 1.53 bits per heavy atom. The first-order valence-corrected chi connectivity index (χ1v) is 5.30. The number of piperidine rings is 1. The Hall–Kier alpha value is -1.08. The largest absolute Gasteiger partial charge is 0.367 e. The van der Waals surface area contributed by atoms with Crippen molar-refractivity contribution in [3.63, 3.8) is 0 Å². The fourth-order valence-electron chi connectivity index (χ4n) is 1.38. The molecule has 0 saturated carbocycles. The molecule has 15 heavy (non-hydrogen) atoms. The van der Waals surface area contributed by atoms with E-state index in [1.165, 1.54) is 0 Å². The fourth-order valence-corrected chi connectivity index (χ4v) is 1.38. The SMILES string of the molecule is CC(C)(C)C(=O)ON1CCCC(C#N)C1. The molecule has 0 bridgehead atoms. The van der Waals surface area contributed by atoms with Gasteiger partial charge in [-0.1, -0.05) is 0 Å². The highest BCUT2D eigenvalue weighted by molar-refractivity contribution is 5.75. The zero-order valence-electron chi connectivity index (χ0n) is 9.62. The monoisotopic (exact) mass is 210 g/mol. The van der Waals surface area contributed by atoms with Gasteiger partial charge in [0.25, 0.3) is 0 Å². The van der Waals surface area contributed by atoms with E-state index in [0.29, 0.717) is 6.54 Å². The summed E-state index contributed by atoms with van der Waals surface area (Å²) in [6.07, 6.45) is 1.82. The highest BCUT2D eigenvalue weighted by Crippen LogP contribution is 2.20. The van der Waals surface area contributed by atoms with Crippen molar-refractivity contribution in [2.24, 2.45) is 11.3 Å². The van der Waals surface area contributed by atoms with E-state index in [2.05, 4.69) is 6.07 Å². The maximum Gasteiger partial charge on any atom is 0.330 e. The standard InChI is InChI=1S/C11H18N2O2/c1-11(2,3)10(14)15-13-6-4-5-9(7-12)8-13/h9H,4-6,8H2,1-3H3. The van der Waals surface area contributed by atoms with E-state index in [1.807, 2.05) is 20.8 Å². The number of hydrogen-bond acceptors (Lipinski definition) is 4. The van der Waals surface area contributed by atoms with Gasteiger partial charge in [-0.25, -0.2) is 4.79 Å². The lowest BCUT2D eigenvalue weighted by Gasteiger charge is -2.30. The van der Waals surface area contributed by atoms with Gasteiger partial charge in [0.1, 0.15) is 0 Å². The second-order valence-corrected chi connectivity index (χ2v) is 4.98. The van der Waals surface area contributed by atoms with E-state index < -0.39 is 5.41 Å². The lowest BCUT2D eigenvalue weighted by molar-refractivity contribution is -0.206. The summed E-state index contributed by atoms with van der Waals surface area (Å²) in [5.41, 5.74) is -0.487. The molecule has 1 rings (SSSR count). The second kappa shape index (κ2) is 4.63. The summed E-state index contributed by atoms with van der Waals surface area (Å²) >= 11 is 0. The molecule has 0 N–H and O–H groups in total. The van der Waals surface area contributed by atoms with Crippen LogP contribution in [0.5, 0.6) is 0 Å². The molecule has 84 valence electrons. The first-order chi connectivity index (χ1) is 6.93. The third-order valence-electron chi connectivity index (χ3n) is 2.39. The average molecular weight is 210 g/mol. The van der Waals surface area contributed by atoms with Crippen LogP contribution in [0.25, 0.3) is 0 Å². The number of carbonyl (C=O) groups excluding carboxylic acids is 1. The molecule has 1 aliphatic heterocycles. The van der Waals surface area contributed by atoms with E-state index in [4.69, 9.17) is 10.1 Å². The molecule has 4 heteroatoms. The number of rotatable bonds is 1. The van der Waals surface area contributed by atoms with Gasteiger partial charge in [0.05, 0.1) is 23.9 Å². The Labute approximate surface area is 90.8 Å². The van der Waals surface area contributed by atoms with Gasteiger partial charge in [0.15, 0.2) is 0 Å². The molecule has 0 spiro atoms. The summed E-state index contributed by atoms with van der Waals surface area (Å²) < 4.78 is 0. The van der Waals surface area contributed by atoms with Crippen molar-refractivity contribution in [1.29, 1.82) is 5.26 Å². The summed E-state index contributed by atoms with van der Waals surface area (Å²) in [5.74, 6) is -0.243. The smallest absolute Gasteiger partial charge is 0.330 e. The van der Waals surface area contributed by atoms with E-state index in [0.717, 1.165) is 19.4 Å². The highest BCUT2D eigenvalue weighted by atomic mass is 16.7. The van der Waals surface area contributed by atoms with Crippen LogP contribution < -0.4 is 0 Å². The normalized spacial score (nSPS) is 23.2. The molecule has 0 amide bonds. The summed E-state index contributed by atoms with van der Waals surface area (Å²) in [7, 11) is 0. The third-order valence-corrected chi connectivity index (χ3v) is 2.39. The Bertz CT molecular complexity index is 275. The van der Waals surface area contributed by atoms with Crippen molar-refractivity contribution >= 4 is 5.97 Å². The molecule has 1 atom stereocenters. The first-order valence-electron chi connectivity index (χ1n) is 5.30. The molecule has 0 aromatic heterocycles. The zero-order chi connectivity index (χ0) is 11.5. The van der Waals surface area contributed by atoms with Crippen molar-refractivity contribution in [3.05, 3.63) is 0 Å². The minimum Gasteiger partial charge on any atom is -0.367 e. The van der Waals surface area contributed by atoms with Gasteiger partial charge in [0.2, 0.25) is 0 Å². The molecule has 1 aliphatic rings. The number of nitrogens with zero attached hydrogens (tertiary/aromatic N) is 2. The van der Waals surface area contributed by atoms with Gasteiger partial charge in [-0.2, -0.15) is 5.26 Å². The molecule has 0 aromatic rings. The van der Waals surface area contributed by atoms with Crippen molar-refractivity contribution < 1.29 is 9.63 Å². The van der Waals surface area contributed by atoms with E-state index in [1.54, 1.807) is 5.06 Å². The van der Waals surface area contributed by atoms with Gasteiger partial charge in [-0.05, 0) is 33.6 Å². The lowest BCUT2D eigenvalue weighted by Crippen LogP contribution is -2.39. The van der Waals surface area contributed by atoms with Crippen LogP contribution in [0.4, 0.5) is 0 Å². The molecule has 0 aromatic carbocycles. The van der Waals surface area contributed by atoms with Crippen LogP contribution in [0, 0.1) is 22.7 Å². The first kappa shape index (κ1) is 12.0. The third kappa shape index (κ3) is 3.52. The predicted molar refractivity (Wildman–Crippen MR) is 55.5 cm³/mol. The molecule has 1 unspecified atom stereocenters. The van der Waals surface area contributed by atoms with Crippen LogP contribution in [0.3, 0.4) is 0 Å². The molecule has 0 aliphatic carbocycles. The molecule has 4 nitrogen and oxygen atoms in total. The number of hydrogen-bond donors (Lipinski definition) is 0. The summed E-state index contributed by atoms with van der Waals surface area (Å²) in [6.45, 7) is 6.74. The van der Waals surface area contributed by atoms with Crippen LogP contribution in [0.2, 0.25) is 0 Å². The summed E-state index contributed by atoms with van der Waals surface area (Å²) in [4.78, 5) is 16.8. The lowest BCUT2D eigenvalue weighted by atomic mass is 9.97. The van der Waals surface area contributed by atoms with Crippen LogP contribution in [0.1, 0.15) is 33.6 Å². The van der Waals surface area contributed by atoms with E-state index in [-0.39, 0.29) is 11.9 Å². The molecule has 1 saturated heterocycles. The van der Waals surface area contributed by atoms with Crippen molar-refractivity contribution in [1.82, 2.24) is 5.06 Å². The van der Waals surface area contributed by atoms with Crippen molar-refractivity contribution in [3.8, 4) is 6.07 Å². The van der Waals surface area contributed by atoms with Gasteiger partial charge in [-0.15, -0.1) is 5.06 Å². The zero-order valence-corrected chi connectivity index (χ0v) is 9.62. The quantitative estimate of drug-likeness (QED) is 0.661. The summed E-state index contributed by atoms with van der Waals surface area (Å²) in [6, 6.07) is 2.21. The van der Waals surface area contributed by atoms with Crippen LogP contribution in [-0.4, -0.2) is 24.1 Å². The van der Waals surface area contributed by atoms with Crippen molar-refractivity contribution in [2.45, 2.75) is 33.6 Å². The van der Waals surface area contributed by atoms with Crippen LogP contribution in [0.15, 0.2) is 0 Å². The van der Waals surface area contributed by atoms with Gasteiger partial charge >= 0.3 is 5.97 Å². The Balaban J connectivity index is 2.46. The maximum absolute atomic E-state index is 11.6. The number of nitriles is 1. The topological polar surface area (TPSA) is 53.3 Å². The molecular formula is C11H18N2O2. The Morgan fingerprint density at radius 3 is 2.73 bits per heavy atom. The fraction of sp³-hybridized carbons (Fsp3) is 0.818. The second-order valence-electron chi connectivity index (χ2n) is 4.98. The van der Waals surface area contributed by atoms with Crippen LogP contribution >= 0.6 is 0 Å². The molecular weight excluding hydrogens is 192 g/mol. The average Bonchev–Trinajstić information content (AvgIpc) is 2.16. The highest BCUT2D eigenvalue weighted by Gasteiger charge is 2.28. The van der Waals surface area contributed by atoms with Gasteiger partial charge < -0.3 is 4.84 Å². The maximum atomic E-state index is 11.6. The molecule has 0 radical (unpaired) electrons. The number of hydroxylamine groups is 2. The molecule has 1 heterocycles. The summed E-state index contributed by atoms with van der Waals surface area (Å²) in [5, 5.41) is 10.4. The van der Waals surface area contributed by atoms with Gasteiger partial charge in [-0.3, -0.25) is 0 Å². The number of carbonyl (C=O) groups is 1. The predicted octanol–water partition coefficient (Wildman–Crippen LogP) is 1.73. The Kier molecular flexibility index (Phi) is 3.70.